The van der Waals surface area contributed by atoms with Crippen LogP contribution in [0, 0.1) is 0 Å². The monoisotopic (exact) mass is 333 g/mol. The van der Waals surface area contributed by atoms with E-state index in [9.17, 15) is 9.90 Å². The summed E-state index contributed by atoms with van der Waals surface area (Å²) in [6.45, 7) is 0.418. The summed E-state index contributed by atoms with van der Waals surface area (Å²) in [6.07, 6.45) is -0.692. The van der Waals surface area contributed by atoms with Crippen LogP contribution < -0.4 is 0 Å². The highest BCUT2D eigenvalue weighted by Gasteiger charge is 2.17. The second-order valence-corrected chi connectivity index (χ2v) is 5.35. The van der Waals surface area contributed by atoms with Crippen LogP contribution >= 0.6 is 28.6 Å². The fraction of sp³-hybridized carbons (Fsp3) is 0.417. The average molecular weight is 334 g/mol. The molecule has 1 amide bonds. The minimum atomic E-state index is -0.692. The Morgan fingerprint density at radius 3 is 2.83 bits per heavy atom. The molecule has 0 aromatic heterocycles. The molecule has 0 saturated heterocycles. The Morgan fingerprint density at radius 2 is 2.28 bits per heavy atom. The molecule has 0 spiro atoms. The van der Waals surface area contributed by atoms with Gasteiger partial charge in [0.05, 0.1) is 18.3 Å². The van der Waals surface area contributed by atoms with Crippen molar-refractivity contribution in [1.82, 2.24) is 4.90 Å². The molecule has 0 aliphatic rings. The lowest BCUT2D eigenvalue weighted by atomic mass is 10.2. The van der Waals surface area contributed by atoms with Gasteiger partial charge in [0, 0.05) is 30.1 Å². The molecule has 0 radical (unpaired) electrons. The number of carbonyl (C=O) groups is 1. The van der Waals surface area contributed by atoms with E-state index in [-0.39, 0.29) is 19.1 Å². The van der Waals surface area contributed by atoms with Crippen molar-refractivity contribution in [1.29, 1.82) is 0 Å². The number of hydrogen-bond donors (Lipinski definition) is 2. The number of amides is 1. The van der Waals surface area contributed by atoms with Gasteiger partial charge < -0.3 is 14.7 Å². The van der Waals surface area contributed by atoms with Crippen LogP contribution in [-0.2, 0) is 4.74 Å². The molecular formula is C12H16BrNO3S. The zero-order valence-electron chi connectivity index (χ0n) is 10.3. The Balaban J connectivity index is 2.74. The number of hydrogen-bond acceptors (Lipinski definition) is 4. The zero-order chi connectivity index (χ0) is 13.7. The summed E-state index contributed by atoms with van der Waals surface area (Å²) in [4.78, 5) is 14.2. The largest absolute Gasteiger partial charge is 0.389 e. The first-order valence-electron chi connectivity index (χ1n) is 5.36. The quantitative estimate of drug-likeness (QED) is 0.808. The van der Waals surface area contributed by atoms with Crippen molar-refractivity contribution in [2.45, 2.75) is 11.0 Å². The lowest BCUT2D eigenvalue weighted by molar-refractivity contribution is 0.0379. The van der Waals surface area contributed by atoms with Gasteiger partial charge in [-0.25, -0.2) is 0 Å². The number of rotatable bonds is 5. The molecule has 1 N–H and O–H groups in total. The van der Waals surface area contributed by atoms with Crippen LogP contribution in [0.2, 0.25) is 0 Å². The molecule has 1 aromatic rings. The molecular weight excluding hydrogens is 318 g/mol. The molecule has 1 aromatic carbocycles. The topological polar surface area (TPSA) is 49.8 Å². The van der Waals surface area contributed by atoms with E-state index in [1.54, 1.807) is 25.2 Å². The van der Waals surface area contributed by atoms with Crippen LogP contribution in [0.15, 0.2) is 27.6 Å². The Labute approximate surface area is 120 Å². The van der Waals surface area contributed by atoms with E-state index in [1.165, 1.54) is 12.0 Å². The summed E-state index contributed by atoms with van der Waals surface area (Å²) >= 11 is 7.58. The van der Waals surface area contributed by atoms with Gasteiger partial charge in [-0.3, -0.25) is 4.79 Å². The summed E-state index contributed by atoms with van der Waals surface area (Å²) in [5.41, 5.74) is 0.508. The van der Waals surface area contributed by atoms with Crippen molar-refractivity contribution in [3.05, 3.63) is 28.2 Å². The third-order valence-electron chi connectivity index (χ3n) is 2.38. The van der Waals surface area contributed by atoms with E-state index in [4.69, 9.17) is 4.74 Å². The Bertz CT molecular complexity index is 428. The van der Waals surface area contributed by atoms with Crippen molar-refractivity contribution < 1.29 is 14.6 Å². The van der Waals surface area contributed by atoms with E-state index in [0.29, 0.717) is 10.5 Å². The SMILES string of the molecule is COCC(O)CN(C)C(=O)c1ccc(Br)cc1S. The first-order chi connectivity index (χ1) is 8.45. The average Bonchev–Trinajstić information content (AvgIpc) is 2.28. The minimum absolute atomic E-state index is 0.178. The van der Waals surface area contributed by atoms with E-state index in [1.807, 2.05) is 0 Å². The van der Waals surface area contributed by atoms with Crippen LogP contribution in [-0.4, -0.2) is 49.3 Å². The fourth-order valence-electron chi connectivity index (χ4n) is 1.54. The van der Waals surface area contributed by atoms with Crippen molar-refractivity contribution in [3.63, 3.8) is 0 Å². The van der Waals surface area contributed by atoms with Gasteiger partial charge in [0.15, 0.2) is 0 Å². The number of ether oxygens (including phenoxy) is 1. The molecule has 1 atom stereocenters. The highest BCUT2D eigenvalue weighted by molar-refractivity contribution is 9.10. The Hall–Kier alpha value is -0.560. The molecule has 1 rings (SSSR count). The van der Waals surface area contributed by atoms with E-state index in [0.717, 1.165) is 4.47 Å². The molecule has 6 heteroatoms. The van der Waals surface area contributed by atoms with Crippen molar-refractivity contribution in [2.24, 2.45) is 0 Å². The number of halogens is 1. The number of methoxy groups -OCH3 is 1. The molecule has 1 unspecified atom stereocenters. The molecule has 100 valence electrons. The Morgan fingerprint density at radius 1 is 1.61 bits per heavy atom. The van der Waals surface area contributed by atoms with Crippen LogP contribution in [0.1, 0.15) is 10.4 Å². The maximum absolute atomic E-state index is 12.1. The van der Waals surface area contributed by atoms with Gasteiger partial charge in [0.1, 0.15) is 0 Å². The van der Waals surface area contributed by atoms with Gasteiger partial charge in [-0.2, -0.15) is 0 Å². The predicted molar refractivity (Wildman–Crippen MR) is 76.2 cm³/mol. The van der Waals surface area contributed by atoms with E-state index in [2.05, 4.69) is 28.6 Å². The summed E-state index contributed by atoms with van der Waals surface area (Å²) in [6, 6.07) is 5.25. The second kappa shape index (κ2) is 7.13. The zero-order valence-corrected chi connectivity index (χ0v) is 12.7. The number of thiol groups is 1. The normalized spacial score (nSPS) is 12.3. The van der Waals surface area contributed by atoms with Crippen molar-refractivity contribution in [2.75, 3.05) is 27.3 Å². The first-order valence-corrected chi connectivity index (χ1v) is 6.60. The molecule has 0 aliphatic carbocycles. The third-order valence-corrected chi connectivity index (χ3v) is 3.24. The smallest absolute Gasteiger partial charge is 0.254 e. The standard InChI is InChI=1S/C12H16BrNO3S/c1-14(6-9(15)7-17-2)12(16)10-4-3-8(13)5-11(10)18/h3-5,9,15,18H,6-7H2,1-2H3. The summed E-state index contributed by atoms with van der Waals surface area (Å²) in [5.74, 6) is -0.178. The summed E-state index contributed by atoms with van der Waals surface area (Å²) in [7, 11) is 3.14. The maximum atomic E-state index is 12.1. The number of aliphatic hydroxyl groups excluding tert-OH is 1. The van der Waals surface area contributed by atoms with Crippen LogP contribution in [0.5, 0.6) is 0 Å². The fourth-order valence-corrected chi connectivity index (χ4v) is 2.38. The van der Waals surface area contributed by atoms with Gasteiger partial charge in [-0.1, -0.05) is 15.9 Å². The highest BCUT2D eigenvalue weighted by atomic mass is 79.9. The third kappa shape index (κ3) is 4.28. The molecule has 18 heavy (non-hydrogen) atoms. The van der Waals surface area contributed by atoms with Gasteiger partial charge in [-0.15, -0.1) is 12.6 Å². The molecule has 0 bridgehead atoms. The van der Waals surface area contributed by atoms with Gasteiger partial charge in [0.25, 0.3) is 5.91 Å². The predicted octanol–water partition coefficient (Wildman–Crippen LogP) is 1.82. The summed E-state index contributed by atoms with van der Waals surface area (Å²) in [5, 5.41) is 9.58. The van der Waals surface area contributed by atoms with Crippen LogP contribution in [0.25, 0.3) is 0 Å². The molecule has 0 aliphatic heterocycles. The second-order valence-electron chi connectivity index (χ2n) is 3.96. The lowest BCUT2D eigenvalue weighted by Gasteiger charge is -2.21. The molecule has 4 nitrogen and oxygen atoms in total. The Kier molecular flexibility index (Phi) is 6.14. The van der Waals surface area contributed by atoms with Crippen molar-refractivity contribution >= 4 is 34.5 Å². The summed E-state index contributed by atoms with van der Waals surface area (Å²) < 4.78 is 5.69. The minimum Gasteiger partial charge on any atom is -0.389 e. The number of benzene rings is 1. The first kappa shape index (κ1) is 15.5. The van der Waals surface area contributed by atoms with E-state index < -0.39 is 6.10 Å². The number of nitrogens with zero attached hydrogens (tertiary/aromatic N) is 1. The van der Waals surface area contributed by atoms with Gasteiger partial charge in [0.2, 0.25) is 0 Å². The lowest BCUT2D eigenvalue weighted by Crippen LogP contribution is -2.36. The molecule has 0 fully saturated rings. The van der Waals surface area contributed by atoms with Gasteiger partial charge >= 0.3 is 0 Å². The number of aliphatic hydroxyl groups is 1. The molecule has 0 heterocycles. The number of carbonyl (C=O) groups excluding carboxylic acids is 1. The van der Waals surface area contributed by atoms with Crippen molar-refractivity contribution in [3.8, 4) is 0 Å². The van der Waals surface area contributed by atoms with Crippen LogP contribution in [0.3, 0.4) is 0 Å². The molecule has 0 saturated carbocycles. The maximum Gasteiger partial charge on any atom is 0.254 e. The number of likely N-dealkylation sites (N-methyl/N-ethyl adjacent to an activating group) is 1. The van der Waals surface area contributed by atoms with Crippen LogP contribution in [0.4, 0.5) is 0 Å². The van der Waals surface area contributed by atoms with Gasteiger partial charge in [-0.05, 0) is 18.2 Å². The van der Waals surface area contributed by atoms with E-state index >= 15 is 0 Å². The highest BCUT2D eigenvalue weighted by Crippen LogP contribution is 2.21.